The van der Waals surface area contributed by atoms with Crippen LogP contribution in [0, 0.1) is 5.92 Å². The Bertz CT molecular complexity index is 271. The number of rotatable bonds is 8. The van der Waals surface area contributed by atoms with E-state index in [-0.39, 0.29) is 11.9 Å². The van der Waals surface area contributed by atoms with Crippen LogP contribution in [-0.4, -0.2) is 55.2 Å². The Morgan fingerprint density at radius 3 is 2.44 bits per heavy atom. The molecule has 3 N–H and O–H groups in total. The number of carbonyl (C=O) groups is 2. The van der Waals surface area contributed by atoms with Crippen LogP contribution < -0.4 is 10.6 Å². The van der Waals surface area contributed by atoms with Crippen LogP contribution in [0.3, 0.4) is 0 Å². The Morgan fingerprint density at radius 2 is 2.00 bits per heavy atom. The van der Waals surface area contributed by atoms with Gasteiger partial charge >= 0.3 is 12.0 Å². The van der Waals surface area contributed by atoms with Crippen molar-refractivity contribution in [2.45, 2.75) is 32.7 Å². The maximum absolute atomic E-state index is 11.8. The first-order chi connectivity index (χ1) is 8.43. The maximum atomic E-state index is 11.8. The monoisotopic (exact) mass is 259 g/mol. The summed E-state index contributed by atoms with van der Waals surface area (Å²) >= 11 is 0. The van der Waals surface area contributed by atoms with Crippen molar-refractivity contribution in [1.29, 1.82) is 0 Å². The Morgan fingerprint density at radius 1 is 1.39 bits per heavy atom. The highest BCUT2D eigenvalue weighted by molar-refractivity contribution is 5.82. The minimum atomic E-state index is -0.985. The fraction of sp³-hybridized carbons (Fsp3) is 0.833. The topological polar surface area (TPSA) is 81.7 Å². The molecule has 18 heavy (non-hydrogen) atoms. The summed E-state index contributed by atoms with van der Waals surface area (Å²) < 4.78 is 0. The maximum Gasteiger partial charge on any atom is 0.326 e. The quantitative estimate of drug-likeness (QED) is 0.561. The number of nitrogens with one attached hydrogen (secondary N) is 2. The van der Waals surface area contributed by atoms with Gasteiger partial charge in [-0.2, -0.15) is 0 Å². The van der Waals surface area contributed by atoms with Crippen LogP contribution >= 0.6 is 0 Å². The van der Waals surface area contributed by atoms with Gasteiger partial charge in [0, 0.05) is 13.6 Å². The fourth-order valence-corrected chi connectivity index (χ4v) is 1.52. The van der Waals surface area contributed by atoms with E-state index >= 15 is 0 Å². The van der Waals surface area contributed by atoms with Crippen LogP contribution in [-0.2, 0) is 4.79 Å². The number of urea groups is 1. The van der Waals surface area contributed by atoms with Gasteiger partial charge in [-0.1, -0.05) is 20.3 Å². The molecule has 0 saturated carbocycles. The molecule has 0 aromatic rings. The van der Waals surface area contributed by atoms with E-state index in [1.807, 2.05) is 20.9 Å². The number of amides is 2. The summed E-state index contributed by atoms with van der Waals surface area (Å²) in [5.74, 6) is -1.07. The van der Waals surface area contributed by atoms with Gasteiger partial charge in [0.15, 0.2) is 0 Å². The number of hydrogen-bond acceptors (Lipinski definition) is 3. The second-order valence-corrected chi connectivity index (χ2v) is 4.53. The molecule has 0 saturated heterocycles. The molecule has 2 amide bonds. The van der Waals surface area contributed by atoms with Gasteiger partial charge in [0.05, 0.1) is 0 Å². The first-order valence-electron chi connectivity index (χ1n) is 6.33. The van der Waals surface area contributed by atoms with Crippen molar-refractivity contribution >= 4 is 12.0 Å². The molecule has 0 aliphatic rings. The van der Waals surface area contributed by atoms with Crippen molar-refractivity contribution in [3.05, 3.63) is 0 Å². The molecule has 0 aliphatic carbocycles. The standard InChI is InChI=1S/C12H25N3O3/c1-5-9(2)10(11(16)17)14-12(18)15(4)8-6-7-13-3/h9-10,13H,5-8H2,1-4H3,(H,14,18)(H,16,17). The largest absolute Gasteiger partial charge is 0.480 e. The highest BCUT2D eigenvalue weighted by atomic mass is 16.4. The van der Waals surface area contributed by atoms with E-state index < -0.39 is 12.0 Å². The van der Waals surface area contributed by atoms with Gasteiger partial charge in [-0.15, -0.1) is 0 Å². The highest BCUT2D eigenvalue weighted by Gasteiger charge is 2.26. The average molecular weight is 259 g/mol. The smallest absolute Gasteiger partial charge is 0.326 e. The minimum absolute atomic E-state index is 0.0860. The Kier molecular flexibility index (Phi) is 8.11. The first kappa shape index (κ1) is 16.7. The van der Waals surface area contributed by atoms with Crippen LogP contribution in [0.15, 0.2) is 0 Å². The van der Waals surface area contributed by atoms with E-state index in [4.69, 9.17) is 5.11 Å². The summed E-state index contributed by atoms with van der Waals surface area (Å²) in [5, 5.41) is 14.6. The van der Waals surface area contributed by atoms with E-state index in [0.29, 0.717) is 13.0 Å². The van der Waals surface area contributed by atoms with E-state index in [2.05, 4.69) is 10.6 Å². The lowest BCUT2D eigenvalue weighted by Crippen LogP contribution is -2.49. The molecule has 2 unspecified atom stereocenters. The summed E-state index contributed by atoms with van der Waals surface area (Å²) in [4.78, 5) is 24.4. The zero-order valence-electron chi connectivity index (χ0n) is 11.7. The van der Waals surface area contributed by atoms with Gasteiger partial charge < -0.3 is 20.6 Å². The molecule has 0 aromatic heterocycles. The van der Waals surface area contributed by atoms with Crippen molar-refractivity contribution in [1.82, 2.24) is 15.5 Å². The van der Waals surface area contributed by atoms with Crippen molar-refractivity contribution in [2.75, 3.05) is 27.2 Å². The lowest BCUT2D eigenvalue weighted by Gasteiger charge is -2.24. The van der Waals surface area contributed by atoms with Gasteiger partial charge in [0.25, 0.3) is 0 Å². The number of carbonyl (C=O) groups excluding carboxylic acids is 1. The van der Waals surface area contributed by atoms with Crippen molar-refractivity contribution < 1.29 is 14.7 Å². The third kappa shape index (κ3) is 5.86. The summed E-state index contributed by atoms with van der Waals surface area (Å²) in [5.41, 5.74) is 0. The molecule has 0 aromatic carbocycles. The van der Waals surface area contributed by atoms with Crippen LogP contribution in [0.1, 0.15) is 26.7 Å². The predicted molar refractivity (Wildman–Crippen MR) is 70.6 cm³/mol. The lowest BCUT2D eigenvalue weighted by atomic mass is 9.99. The van der Waals surface area contributed by atoms with Crippen LogP contribution in [0.25, 0.3) is 0 Å². The Balaban J connectivity index is 4.28. The number of carboxylic acids is 1. The number of nitrogens with zero attached hydrogens (tertiary/aromatic N) is 1. The molecular weight excluding hydrogens is 234 g/mol. The third-order valence-corrected chi connectivity index (χ3v) is 3.03. The zero-order chi connectivity index (χ0) is 14.1. The summed E-state index contributed by atoms with van der Waals surface area (Å²) in [6, 6.07) is -1.16. The summed E-state index contributed by atoms with van der Waals surface area (Å²) in [6.07, 6.45) is 1.54. The molecule has 0 aliphatic heterocycles. The van der Waals surface area contributed by atoms with E-state index in [9.17, 15) is 9.59 Å². The number of carboxylic acid groups (broad SMARTS) is 1. The van der Waals surface area contributed by atoms with Gasteiger partial charge in [-0.3, -0.25) is 0 Å². The van der Waals surface area contributed by atoms with E-state index in [1.54, 1.807) is 7.05 Å². The SMILES string of the molecule is CCC(C)C(NC(=O)N(C)CCCNC)C(=O)O. The van der Waals surface area contributed by atoms with Crippen LogP contribution in [0.4, 0.5) is 4.79 Å². The fourth-order valence-electron chi connectivity index (χ4n) is 1.52. The van der Waals surface area contributed by atoms with Crippen LogP contribution in [0.2, 0.25) is 0 Å². The van der Waals surface area contributed by atoms with Gasteiger partial charge in [-0.25, -0.2) is 9.59 Å². The molecule has 0 fully saturated rings. The normalized spacial score (nSPS) is 13.8. The Hall–Kier alpha value is -1.30. The minimum Gasteiger partial charge on any atom is -0.480 e. The second-order valence-electron chi connectivity index (χ2n) is 4.53. The van der Waals surface area contributed by atoms with Gasteiger partial charge in [-0.05, 0) is 25.9 Å². The third-order valence-electron chi connectivity index (χ3n) is 3.03. The number of aliphatic carboxylic acids is 1. The zero-order valence-corrected chi connectivity index (χ0v) is 11.7. The van der Waals surface area contributed by atoms with E-state index in [1.165, 1.54) is 4.90 Å². The van der Waals surface area contributed by atoms with Crippen LogP contribution in [0.5, 0.6) is 0 Å². The summed E-state index contributed by atoms with van der Waals surface area (Å²) in [7, 11) is 3.52. The Labute approximate surface area is 109 Å². The summed E-state index contributed by atoms with van der Waals surface area (Å²) in [6.45, 7) is 5.15. The lowest BCUT2D eigenvalue weighted by molar-refractivity contribution is -0.140. The molecule has 106 valence electrons. The highest BCUT2D eigenvalue weighted by Crippen LogP contribution is 2.08. The molecule has 0 bridgehead atoms. The predicted octanol–water partition coefficient (Wildman–Crippen LogP) is 0.737. The average Bonchev–Trinajstić information content (AvgIpc) is 2.34. The van der Waals surface area contributed by atoms with Gasteiger partial charge in [0.2, 0.25) is 0 Å². The molecule has 0 heterocycles. The van der Waals surface area contributed by atoms with E-state index in [0.717, 1.165) is 13.0 Å². The molecule has 0 spiro atoms. The van der Waals surface area contributed by atoms with Crippen molar-refractivity contribution in [2.24, 2.45) is 5.92 Å². The molecule has 6 heteroatoms. The molecule has 0 rings (SSSR count). The van der Waals surface area contributed by atoms with Crippen molar-refractivity contribution in [3.8, 4) is 0 Å². The van der Waals surface area contributed by atoms with Crippen molar-refractivity contribution in [3.63, 3.8) is 0 Å². The molecule has 0 radical (unpaired) electrons. The molecule has 2 atom stereocenters. The van der Waals surface area contributed by atoms with Gasteiger partial charge in [0.1, 0.15) is 6.04 Å². The second kappa shape index (κ2) is 8.74. The first-order valence-corrected chi connectivity index (χ1v) is 6.33. The molecular formula is C12H25N3O3. The molecule has 6 nitrogen and oxygen atoms in total. The number of hydrogen-bond donors (Lipinski definition) is 3.